The number of amides is 1. The Bertz CT molecular complexity index is 480. The topological polar surface area (TPSA) is 55.1 Å². The van der Waals surface area contributed by atoms with Crippen LogP contribution in [-0.4, -0.2) is 17.5 Å². The first-order valence-electron chi connectivity index (χ1n) is 5.94. The predicted octanol–water partition coefficient (Wildman–Crippen LogP) is 2.55. The molecule has 3 N–H and O–H groups in total. The first-order valence-corrected chi connectivity index (χ1v) is 6.74. The SMILES string of the molecule is CC(Cc1ccc(F)c(Br)c1)NC(=O)C1(N)CC1.Cl. The van der Waals surface area contributed by atoms with Crippen LogP contribution in [0.5, 0.6) is 0 Å². The van der Waals surface area contributed by atoms with Gasteiger partial charge in [-0.05, 0) is 59.8 Å². The number of carbonyl (C=O) groups excluding carboxylic acids is 1. The van der Waals surface area contributed by atoms with Gasteiger partial charge in [0.2, 0.25) is 5.91 Å². The van der Waals surface area contributed by atoms with Gasteiger partial charge in [-0.15, -0.1) is 12.4 Å². The molecule has 0 bridgehead atoms. The maximum atomic E-state index is 13.1. The van der Waals surface area contributed by atoms with E-state index >= 15 is 0 Å². The molecule has 1 saturated carbocycles. The van der Waals surface area contributed by atoms with Gasteiger partial charge in [-0.3, -0.25) is 4.79 Å². The summed E-state index contributed by atoms with van der Waals surface area (Å²) in [5.41, 5.74) is 6.14. The van der Waals surface area contributed by atoms with Crippen LogP contribution in [0.2, 0.25) is 0 Å². The summed E-state index contributed by atoms with van der Waals surface area (Å²) in [7, 11) is 0. The molecule has 1 aliphatic rings. The van der Waals surface area contributed by atoms with Crippen molar-refractivity contribution in [3.63, 3.8) is 0 Å². The van der Waals surface area contributed by atoms with Crippen LogP contribution in [0, 0.1) is 5.82 Å². The van der Waals surface area contributed by atoms with Crippen molar-refractivity contribution in [2.45, 2.75) is 37.8 Å². The number of halogens is 3. The van der Waals surface area contributed by atoms with E-state index < -0.39 is 5.54 Å². The fourth-order valence-corrected chi connectivity index (χ4v) is 2.23. The second-order valence-corrected chi connectivity index (χ2v) is 5.84. The molecule has 1 aromatic carbocycles. The lowest BCUT2D eigenvalue weighted by molar-refractivity contribution is -0.123. The quantitative estimate of drug-likeness (QED) is 0.876. The molecule has 0 heterocycles. The van der Waals surface area contributed by atoms with Crippen molar-refractivity contribution in [1.29, 1.82) is 0 Å². The van der Waals surface area contributed by atoms with Crippen LogP contribution in [-0.2, 0) is 11.2 Å². The number of hydrogen-bond donors (Lipinski definition) is 2. The average molecular weight is 352 g/mol. The molecule has 1 atom stereocenters. The third kappa shape index (κ3) is 4.16. The molecule has 2 rings (SSSR count). The van der Waals surface area contributed by atoms with Crippen molar-refractivity contribution in [3.8, 4) is 0 Å². The van der Waals surface area contributed by atoms with Gasteiger partial charge in [0.1, 0.15) is 5.82 Å². The van der Waals surface area contributed by atoms with Crippen molar-refractivity contribution < 1.29 is 9.18 Å². The number of carbonyl (C=O) groups is 1. The molecule has 1 unspecified atom stereocenters. The molecule has 0 spiro atoms. The summed E-state index contributed by atoms with van der Waals surface area (Å²) in [5.74, 6) is -0.370. The Morgan fingerprint density at radius 1 is 1.58 bits per heavy atom. The molecule has 19 heavy (non-hydrogen) atoms. The minimum absolute atomic E-state index is 0. The van der Waals surface area contributed by atoms with E-state index in [2.05, 4.69) is 21.2 Å². The standard InChI is InChI=1S/C13H16BrFN2O.ClH/c1-8(17-12(18)13(16)4-5-13)6-9-2-3-11(15)10(14)7-9;/h2-3,7-8H,4-6,16H2,1H3,(H,17,18);1H. The normalized spacial score (nSPS) is 17.3. The fraction of sp³-hybridized carbons (Fsp3) is 0.462. The van der Waals surface area contributed by atoms with Crippen LogP contribution in [0.4, 0.5) is 4.39 Å². The Labute approximate surface area is 126 Å². The highest BCUT2D eigenvalue weighted by molar-refractivity contribution is 9.10. The van der Waals surface area contributed by atoms with E-state index in [4.69, 9.17) is 5.73 Å². The summed E-state index contributed by atoms with van der Waals surface area (Å²) in [6.07, 6.45) is 2.17. The molecule has 0 saturated heterocycles. The Hall–Kier alpha value is -0.650. The largest absolute Gasteiger partial charge is 0.352 e. The molecule has 1 aliphatic carbocycles. The lowest BCUT2D eigenvalue weighted by Crippen LogP contribution is -2.46. The molecule has 1 fully saturated rings. The van der Waals surface area contributed by atoms with Gasteiger partial charge in [0, 0.05) is 6.04 Å². The first kappa shape index (κ1) is 16.4. The monoisotopic (exact) mass is 350 g/mol. The smallest absolute Gasteiger partial charge is 0.240 e. The Morgan fingerprint density at radius 3 is 2.74 bits per heavy atom. The maximum Gasteiger partial charge on any atom is 0.240 e. The summed E-state index contributed by atoms with van der Waals surface area (Å²) in [5, 5.41) is 2.89. The van der Waals surface area contributed by atoms with Crippen molar-refractivity contribution in [3.05, 3.63) is 34.1 Å². The zero-order valence-corrected chi connectivity index (χ0v) is 13.0. The first-order chi connectivity index (χ1) is 8.40. The predicted molar refractivity (Wildman–Crippen MR) is 78.8 cm³/mol. The summed E-state index contributed by atoms with van der Waals surface area (Å²) >= 11 is 3.15. The van der Waals surface area contributed by atoms with Crippen LogP contribution in [0.1, 0.15) is 25.3 Å². The third-order valence-corrected chi connectivity index (χ3v) is 3.75. The summed E-state index contributed by atoms with van der Waals surface area (Å²) < 4.78 is 13.5. The van der Waals surface area contributed by atoms with Crippen molar-refractivity contribution >= 4 is 34.2 Å². The number of rotatable bonds is 4. The highest BCUT2D eigenvalue weighted by Crippen LogP contribution is 2.32. The molecule has 6 heteroatoms. The minimum atomic E-state index is -0.641. The van der Waals surface area contributed by atoms with Crippen molar-refractivity contribution in [2.24, 2.45) is 5.73 Å². The highest BCUT2D eigenvalue weighted by Gasteiger charge is 2.46. The zero-order valence-electron chi connectivity index (χ0n) is 10.6. The summed E-state index contributed by atoms with van der Waals surface area (Å²) in [4.78, 5) is 11.7. The maximum absolute atomic E-state index is 13.1. The Kier molecular flexibility index (Phi) is 5.35. The van der Waals surface area contributed by atoms with E-state index in [0.29, 0.717) is 10.9 Å². The molecule has 106 valence electrons. The summed E-state index contributed by atoms with van der Waals surface area (Å²) in [6, 6.07) is 4.85. The number of benzene rings is 1. The van der Waals surface area contributed by atoms with Crippen LogP contribution in [0.25, 0.3) is 0 Å². The number of nitrogens with one attached hydrogen (secondary N) is 1. The van der Waals surface area contributed by atoms with E-state index in [1.54, 1.807) is 12.1 Å². The molecule has 0 radical (unpaired) electrons. The number of nitrogens with two attached hydrogens (primary N) is 1. The zero-order chi connectivity index (χ0) is 13.3. The Balaban J connectivity index is 0.00000180. The number of hydrogen-bond acceptors (Lipinski definition) is 2. The highest BCUT2D eigenvalue weighted by atomic mass is 79.9. The van der Waals surface area contributed by atoms with E-state index in [1.807, 2.05) is 6.92 Å². The van der Waals surface area contributed by atoms with E-state index in [-0.39, 0.29) is 30.2 Å². The Morgan fingerprint density at radius 2 is 2.21 bits per heavy atom. The molecule has 1 aromatic rings. The van der Waals surface area contributed by atoms with Gasteiger partial charge in [0.15, 0.2) is 0 Å². The van der Waals surface area contributed by atoms with Crippen molar-refractivity contribution in [1.82, 2.24) is 5.32 Å². The van der Waals surface area contributed by atoms with Crippen LogP contribution >= 0.6 is 28.3 Å². The lowest BCUT2D eigenvalue weighted by Gasteiger charge is -2.17. The second kappa shape index (κ2) is 6.20. The molecule has 3 nitrogen and oxygen atoms in total. The molecule has 0 aliphatic heterocycles. The van der Waals surface area contributed by atoms with Crippen LogP contribution in [0.15, 0.2) is 22.7 Å². The molecular formula is C13H17BrClFN2O. The molecule has 0 aromatic heterocycles. The van der Waals surface area contributed by atoms with Crippen LogP contribution in [0.3, 0.4) is 0 Å². The van der Waals surface area contributed by atoms with E-state index in [0.717, 1.165) is 18.4 Å². The van der Waals surface area contributed by atoms with E-state index in [1.165, 1.54) is 6.07 Å². The summed E-state index contributed by atoms with van der Waals surface area (Å²) in [6.45, 7) is 1.92. The van der Waals surface area contributed by atoms with Crippen LogP contribution < -0.4 is 11.1 Å². The van der Waals surface area contributed by atoms with Gasteiger partial charge >= 0.3 is 0 Å². The van der Waals surface area contributed by atoms with Gasteiger partial charge in [-0.1, -0.05) is 6.07 Å². The van der Waals surface area contributed by atoms with E-state index in [9.17, 15) is 9.18 Å². The van der Waals surface area contributed by atoms with Gasteiger partial charge in [0.25, 0.3) is 0 Å². The fourth-order valence-electron chi connectivity index (χ4n) is 1.80. The molecular weight excluding hydrogens is 335 g/mol. The lowest BCUT2D eigenvalue weighted by atomic mass is 10.1. The van der Waals surface area contributed by atoms with Gasteiger partial charge in [0.05, 0.1) is 10.0 Å². The minimum Gasteiger partial charge on any atom is -0.352 e. The van der Waals surface area contributed by atoms with Crippen molar-refractivity contribution in [2.75, 3.05) is 0 Å². The van der Waals surface area contributed by atoms with Gasteiger partial charge < -0.3 is 11.1 Å². The van der Waals surface area contributed by atoms with Gasteiger partial charge in [-0.25, -0.2) is 4.39 Å². The third-order valence-electron chi connectivity index (χ3n) is 3.14. The van der Waals surface area contributed by atoms with Gasteiger partial charge in [-0.2, -0.15) is 0 Å². The second-order valence-electron chi connectivity index (χ2n) is 4.98. The average Bonchev–Trinajstić information content (AvgIpc) is 3.03. The molecule has 1 amide bonds.